The second-order valence-corrected chi connectivity index (χ2v) is 21.0. The summed E-state index contributed by atoms with van der Waals surface area (Å²) in [5, 5.41) is 45.0. The van der Waals surface area contributed by atoms with Crippen LogP contribution in [0.25, 0.3) is 0 Å². The molecule has 69 heavy (non-hydrogen) atoms. The van der Waals surface area contributed by atoms with Gasteiger partial charge in [-0.05, 0) is 44.9 Å². The maximum absolute atomic E-state index is 13.1. The molecular formula is C56H105NO11S. The molecular weight excluding hydrogens is 895 g/mol. The van der Waals surface area contributed by atoms with Gasteiger partial charge in [-0.2, -0.15) is 8.42 Å². The smallest absolute Gasteiger partial charge is 0.394 e. The molecule has 0 saturated carbocycles. The van der Waals surface area contributed by atoms with Crippen molar-refractivity contribution in [2.75, 3.05) is 13.2 Å². The first kappa shape index (κ1) is 65.3. The average Bonchev–Trinajstić information content (AvgIpc) is 3.32. The van der Waals surface area contributed by atoms with E-state index in [1.807, 2.05) is 6.08 Å². The third-order valence-electron chi connectivity index (χ3n) is 13.4. The molecule has 12 nitrogen and oxygen atoms in total. The third-order valence-corrected chi connectivity index (χ3v) is 13.9. The molecule has 0 spiro atoms. The molecule has 0 bridgehead atoms. The van der Waals surface area contributed by atoms with E-state index in [1.165, 1.54) is 186 Å². The number of rotatable bonds is 49. The fourth-order valence-corrected chi connectivity index (χ4v) is 9.54. The maximum atomic E-state index is 13.1. The van der Waals surface area contributed by atoms with Crippen LogP contribution in [-0.4, -0.2) is 95.4 Å². The van der Waals surface area contributed by atoms with Crippen LogP contribution >= 0.6 is 0 Å². The second-order valence-electron chi connectivity index (χ2n) is 19.9. The molecule has 1 saturated heterocycles. The van der Waals surface area contributed by atoms with Crippen molar-refractivity contribution in [3.63, 3.8) is 0 Å². The molecule has 0 aromatic carbocycles. The summed E-state index contributed by atoms with van der Waals surface area (Å²) in [6.07, 6.45) is 48.9. The van der Waals surface area contributed by atoms with Gasteiger partial charge in [0.25, 0.3) is 0 Å². The van der Waals surface area contributed by atoms with Crippen LogP contribution in [0.1, 0.15) is 258 Å². The number of nitrogens with one attached hydrogen (secondary N) is 1. The molecule has 0 aliphatic carbocycles. The number of unbranched alkanes of at least 4 members (excludes halogenated alkanes) is 34. The van der Waals surface area contributed by atoms with Gasteiger partial charge in [-0.3, -0.25) is 9.35 Å². The van der Waals surface area contributed by atoms with Crippen molar-refractivity contribution in [2.24, 2.45) is 0 Å². The van der Waals surface area contributed by atoms with Gasteiger partial charge in [-0.25, -0.2) is 4.18 Å². The number of aliphatic hydroxyl groups is 4. The predicted molar refractivity (Wildman–Crippen MR) is 282 cm³/mol. The quantitative estimate of drug-likeness (QED) is 0.0147. The summed E-state index contributed by atoms with van der Waals surface area (Å²) >= 11 is 0. The van der Waals surface area contributed by atoms with Crippen molar-refractivity contribution in [3.05, 3.63) is 36.5 Å². The molecule has 1 heterocycles. The van der Waals surface area contributed by atoms with E-state index in [0.29, 0.717) is 6.42 Å². The molecule has 0 radical (unpaired) electrons. The average molecular weight is 1000 g/mol. The number of ether oxygens (including phenoxy) is 2. The van der Waals surface area contributed by atoms with Gasteiger partial charge in [0.2, 0.25) is 5.91 Å². The summed E-state index contributed by atoms with van der Waals surface area (Å²) in [5.74, 6) is -0.264. The highest BCUT2D eigenvalue weighted by Gasteiger charge is 2.48. The fraction of sp³-hybridized carbons (Fsp3) is 0.875. The number of carbonyl (C=O) groups excluding carboxylic acids is 1. The number of allylic oxidation sites excluding steroid dienone is 5. The molecule has 1 amide bonds. The molecule has 13 heteroatoms. The van der Waals surface area contributed by atoms with Crippen LogP contribution in [0, 0.1) is 0 Å². The Bertz CT molecular complexity index is 1360. The number of amides is 1. The standard InChI is InChI=1S/C56H105NO11S/c1-3-5-7-9-11-13-15-17-19-21-23-24-25-26-28-29-31-33-35-37-39-41-43-45-50(59)49(48-66-56-54(62)55(68-69(63,64)65)53(61)51(47-58)67-56)57-52(60)46-44-42-40-38-36-34-32-30-27-22-20-18-16-14-12-10-8-6-4-2/h12,14,16,18,43,45,49-51,53-56,58-59,61-62H,3-11,13,15,17,19-42,44,46-48H2,1-2H3,(H,57,60)(H,63,64,65)/b14-12-,18-16-,45-43+. The van der Waals surface area contributed by atoms with Crippen molar-refractivity contribution >= 4 is 16.3 Å². The van der Waals surface area contributed by atoms with E-state index in [4.69, 9.17) is 9.47 Å². The van der Waals surface area contributed by atoms with Crippen LogP contribution in [0.15, 0.2) is 36.5 Å². The number of aliphatic hydroxyl groups excluding tert-OH is 4. The largest absolute Gasteiger partial charge is 0.397 e. The fourth-order valence-electron chi connectivity index (χ4n) is 9.04. The van der Waals surface area contributed by atoms with Crippen LogP contribution in [-0.2, 0) is 28.9 Å². The summed E-state index contributed by atoms with van der Waals surface area (Å²) in [6, 6.07) is -0.946. The Morgan fingerprint density at radius 1 is 0.580 bits per heavy atom. The Balaban J connectivity index is 2.40. The van der Waals surface area contributed by atoms with Gasteiger partial charge in [0.1, 0.15) is 24.4 Å². The van der Waals surface area contributed by atoms with E-state index in [-0.39, 0.29) is 18.9 Å². The molecule has 0 aromatic rings. The monoisotopic (exact) mass is 1000 g/mol. The summed E-state index contributed by atoms with van der Waals surface area (Å²) < 4.78 is 47.8. The van der Waals surface area contributed by atoms with Gasteiger partial charge in [0.15, 0.2) is 6.29 Å². The third kappa shape index (κ3) is 38.6. The molecule has 7 atom stereocenters. The number of hydrogen-bond donors (Lipinski definition) is 6. The van der Waals surface area contributed by atoms with Crippen LogP contribution in [0.2, 0.25) is 0 Å². The van der Waals surface area contributed by atoms with Crippen LogP contribution in [0.4, 0.5) is 0 Å². The minimum Gasteiger partial charge on any atom is -0.394 e. The van der Waals surface area contributed by atoms with Gasteiger partial charge in [0.05, 0.1) is 25.4 Å². The first-order valence-corrected chi connectivity index (χ1v) is 29.8. The lowest BCUT2D eigenvalue weighted by Crippen LogP contribution is -2.61. The van der Waals surface area contributed by atoms with Crippen LogP contribution in [0.3, 0.4) is 0 Å². The molecule has 1 aliphatic rings. The van der Waals surface area contributed by atoms with E-state index in [0.717, 1.165) is 44.9 Å². The molecule has 406 valence electrons. The highest BCUT2D eigenvalue weighted by atomic mass is 32.3. The lowest BCUT2D eigenvalue weighted by atomic mass is 9.99. The van der Waals surface area contributed by atoms with Crippen molar-refractivity contribution in [2.45, 2.75) is 301 Å². The molecule has 1 fully saturated rings. The van der Waals surface area contributed by atoms with Gasteiger partial charge in [-0.15, -0.1) is 0 Å². The topological polar surface area (TPSA) is 192 Å². The summed E-state index contributed by atoms with van der Waals surface area (Å²) in [7, 11) is -5.09. The van der Waals surface area contributed by atoms with Gasteiger partial charge < -0.3 is 35.2 Å². The van der Waals surface area contributed by atoms with E-state index in [1.54, 1.807) is 6.08 Å². The maximum Gasteiger partial charge on any atom is 0.397 e. The minimum absolute atomic E-state index is 0.264. The highest BCUT2D eigenvalue weighted by Crippen LogP contribution is 2.26. The van der Waals surface area contributed by atoms with Crippen molar-refractivity contribution < 1.29 is 51.8 Å². The van der Waals surface area contributed by atoms with Gasteiger partial charge in [0, 0.05) is 6.42 Å². The lowest BCUT2D eigenvalue weighted by molar-refractivity contribution is -0.298. The summed E-state index contributed by atoms with van der Waals surface area (Å²) in [6.45, 7) is 3.39. The van der Waals surface area contributed by atoms with Gasteiger partial charge in [-0.1, -0.05) is 243 Å². The van der Waals surface area contributed by atoms with E-state index in [2.05, 4.69) is 47.7 Å². The minimum atomic E-state index is -5.09. The Morgan fingerprint density at radius 3 is 1.38 bits per heavy atom. The Labute approximate surface area is 422 Å². The zero-order chi connectivity index (χ0) is 50.5. The molecule has 0 aromatic heterocycles. The van der Waals surface area contributed by atoms with Crippen LogP contribution < -0.4 is 5.32 Å². The summed E-state index contributed by atoms with van der Waals surface area (Å²) in [5.41, 5.74) is 0. The highest BCUT2D eigenvalue weighted by molar-refractivity contribution is 7.80. The predicted octanol–water partition coefficient (Wildman–Crippen LogP) is 13.0. The zero-order valence-corrected chi connectivity index (χ0v) is 44.7. The lowest BCUT2D eigenvalue weighted by Gasteiger charge is -2.41. The van der Waals surface area contributed by atoms with Crippen molar-refractivity contribution in [1.82, 2.24) is 5.32 Å². The summed E-state index contributed by atoms with van der Waals surface area (Å²) in [4.78, 5) is 13.1. The van der Waals surface area contributed by atoms with Crippen LogP contribution in [0.5, 0.6) is 0 Å². The first-order chi connectivity index (χ1) is 33.5. The molecule has 1 aliphatic heterocycles. The Kier molecular flexibility index (Phi) is 43.7. The Morgan fingerprint density at radius 2 is 0.957 bits per heavy atom. The van der Waals surface area contributed by atoms with Crippen molar-refractivity contribution in [3.8, 4) is 0 Å². The molecule has 7 unspecified atom stereocenters. The zero-order valence-electron chi connectivity index (χ0n) is 43.9. The molecule has 1 rings (SSSR count). The Hall–Kier alpha value is -1.68. The van der Waals surface area contributed by atoms with Gasteiger partial charge >= 0.3 is 10.4 Å². The SMILES string of the molecule is CCCCC/C=C\C=C/CCCCCCCCCCCCC(=O)NC(COC1OC(CO)C(O)C(OS(=O)(=O)O)C1O)C(O)/C=C/CCCCCCCCCCCCCCCCCCCCCCC. The van der Waals surface area contributed by atoms with E-state index >= 15 is 0 Å². The van der Waals surface area contributed by atoms with Crippen molar-refractivity contribution in [1.29, 1.82) is 0 Å². The normalized spacial score (nSPS) is 19.9. The molecule has 6 N–H and O–H groups in total. The number of hydrogen-bond acceptors (Lipinski definition) is 10. The number of carbonyl (C=O) groups is 1. The van der Waals surface area contributed by atoms with E-state index < -0.39 is 59.9 Å². The second kappa shape index (κ2) is 46.1. The van der Waals surface area contributed by atoms with E-state index in [9.17, 15) is 38.2 Å². The first-order valence-electron chi connectivity index (χ1n) is 28.4.